The summed E-state index contributed by atoms with van der Waals surface area (Å²) in [6.45, 7) is 2.00. The molecule has 0 amide bonds. The number of fused-ring (bicyclic) bond motifs is 1. The van der Waals surface area contributed by atoms with Gasteiger partial charge >= 0.3 is 5.97 Å². The quantitative estimate of drug-likeness (QED) is 0.910. The molecule has 0 aromatic carbocycles. The Morgan fingerprint density at radius 2 is 2.40 bits per heavy atom. The molecule has 2 aromatic heterocycles. The summed E-state index contributed by atoms with van der Waals surface area (Å²) < 4.78 is 2.71. The van der Waals surface area contributed by atoms with Crippen LogP contribution in [0.4, 0.5) is 0 Å². The number of hydrogen-bond acceptors (Lipinski definition) is 2. The lowest BCUT2D eigenvalue weighted by Gasteiger charge is -1.96. The zero-order chi connectivity index (χ0) is 11.0. The maximum atomic E-state index is 10.8. The molecule has 0 saturated heterocycles. The van der Waals surface area contributed by atoms with E-state index in [2.05, 4.69) is 20.9 Å². The summed E-state index contributed by atoms with van der Waals surface area (Å²) in [4.78, 5) is 15.1. The van der Waals surface area contributed by atoms with Crippen LogP contribution in [0.25, 0.3) is 5.65 Å². The Balaban J connectivity index is 2.68. The molecule has 0 unspecified atom stereocenters. The van der Waals surface area contributed by atoms with E-state index in [4.69, 9.17) is 5.11 Å². The van der Waals surface area contributed by atoms with Gasteiger partial charge in [-0.3, -0.25) is 4.40 Å². The number of aromatic carboxylic acids is 1. The molecule has 2 rings (SSSR count). The summed E-state index contributed by atoms with van der Waals surface area (Å²) in [6.07, 6.45) is 2.51. The second-order valence-electron chi connectivity index (χ2n) is 3.15. The fourth-order valence-corrected chi connectivity index (χ4v) is 2.09. The molecule has 0 aliphatic heterocycles. The number of halogens is 1. The summed E-state index contributed by atoms with van der Waals surface area (Å²) >= 11 is 3.43. The van der Waals surface area contributed by atoms with Gasteiger partial charge in [0, 0.05) is 6.20 Å². The first-order valence-electron chi connectivity index (χ1n) is 4.53. The molecule has 15 heavy (non-hydrogen) atoms. The average molecular weight is 269 g/mol. The Bertz CT molecular complexity index is 533. The number of nitrogens with zero attached hydrogens (tertiary/aromatic N) is 2. The largest absolute Gasteiger partial charge is 0.478 e. The van der Waals surface area contributed by atoms with Crippen molar-refractivity contribution in [3.63, 3.8) is 0 Å². The first-order valence-corrected chi connectivity index (χ1v) is 5.32. The van der Waals surface area contributed by atoms with Crippen molar-refractivity contribution in [3.8, 4) is 0 Å². The summed E-state index contributed by atoms with van der Waals surface area (Å²) in [6, 6.07) is 3.12. The molecule has 0 aliphatic rings. The highest BCUT2D eigenvalue weighted by molar-refractivity contribution is 9.10. The van der Waals surface area contributed by atoms with Gasteiger partial charge < -0.3 is 5.11 Å². The van der Waals surface area contributed by atoms with E-state index in [1.807, 2.05) is 11.3 Å². The summed E-state index contributed by atoms with van der Waals surface area (Å²) in [7, 11) is 0. The number of imidazole rings is 1. The minimum Gasteiger partial charge on any atom is -0.478 e. The number of aryl methyl sites for hydroxylation is 1. The lowest BCUT2D eigenvalue weighted by molar-refractivity contribution is 0.0697. The van der Waals surface area contributed by atoms with Crippen LogP contribution in [-0.2, 0) is 6.42 Å². The van der Waals surface area contributed by atoms with Crippen LogP contribution in [0.1, 0.15) is 23.0 Å². The van der Waals surface area contributed by atoms with Crippen LogP contribution in [0.15, 0.2) is 22.9 Å². The Kier molecular flexibility index (Phi) is 2.48. The van der Waals surface area contributed by atoms with Crippen molar-refractivity contribution in [2.24, 2.45) is 0 Å². The van der Waals surface area contributed by atoms with E-state index in [0.29, 0.717) is 5.65 Å². The Labute approximate surface area is 94.7 Å². The predicted molar refractivity (Wildman–Crippen MR) is 59.2 cm³/mol. The molecule has 5 heteroatoms. The van der Waals surface area contributed by atoms with Crippen molar-refractivity contribution in [1.29, 1.82) is 0 Å². The number of carbonyl (C=O) groups is 1. The Hall–Kier alpha value is -1.36. The number of carboxylic acid groups (broad SMARTS) is 1. The second kappa shape index (κ2) is 3.66. The number of rotatable bonds is 2. The molecule has 4 nitrogen and oxygen atoms in total. The monoisotopic (exact) mass is 268 g/mol. The van der Waals surface area contributed by atoms with Gasteiger partial charge in [0.1, 0.15) is 10.3 Å². The highest BCUT2D eigenvalue weighted by Gasteiger charge is 2.10. The molecule has 2 aromatic rings. The molecule has 0 spiro atoms. The number of aromatic nitrogens is 2. The fraction of sp³-hybridized carbons (Fsp3) is 0.200. The van der Waals surface area contributed by atoms with Gasteiger partial charge in [-0.05, 0) is 34.5 Å². The van der Waals surface area contributed by atoms with Crippen LogP contribution >= 0.6 is 15.9 Å². The SMILES string of the molecule is CCc1nc2cc(C(=O)O)ccn2c1Br. The van der Waals surface area contributed by atoms with E-state index in [-0.39, 0.29) is 5.56 Å². The van der Waals surface area contributed by atoms with E-state index in [9.17, 15) is 4.79 Å². The third-order valence-electron chi connectivity index (χ3n) is 2.22. The van der Waals surface area contributed by atoms with E-state index in [1.165, 1.54) is 0 Å². The van der Waals surface area contributed by atoms with E-state index >= 15 is 0 Å². The number of hydrogen-bond donors (Lipinski definition) is 1. The average Bonchev–Trinajstić information content (AvgIpc) is 2.55. The molecule has 0 aliphatic carbocycles. The van der Waals surface area contributed by atoms with Gasteiger partial charge in [-0.25, -0.2) is 9.78 Å². The normalized spacial score (nSPS) is 10.8. The van der Waals surface area contributed by atoms with Crippen LogP contribution in [0.5, 0.6) is 0 Å². The molecule has 78 valence electrons. The fourth-order valence-electron chi connectivity index (χ4n) is 1.42. The van der Waals surface area contributed by atoms with Crippen molar-refractivity contribution in [3.05, 3.63) is 34.2 Å². The van der Waals surface area contributed by atoms with Gasteiger partial charge in [0.15, 0.2) is 0 Å². The van der Waals surface area contributed by atoms with Crippen molar-refractivity contribution in [1.82, 2.24) is 9.38 Å². The van der Waals surface area contributed by atoms with Gasteiger partial charge in [0.05, 0.1) is 11.3 Å². The minimum atomic E-state index is -0.935. The van der Waals surface area contributed by atoms with Crippen LogP contribution in [0, 0.1) is 0 Å². The summed E-state index contributed by atoms with van der Waals surface area (Å²) in [5.74, 6) is -0.935. The topological polar surface area (TPSA) is 54.6 Å². The molecule has 0 radical (unpaired) electrons. The first-order chi connectivity index (χ1) is 7.13. The van der Waals surface area contributed by atoms with E-state index in [1.54, 1.807) is 18.3 Å². The van der Waals surface area contributed by atoms with Gasteiger partial charge in [0.2, 0.25) is 0 Å². The van der Waals surface area contributed by atoms with Gasteiger partial charge in [-0.15, -0.1) is 0 Å². The Morgan fingerprint density at radius 3 is 3.00 bits per heavy atom. The van der Waals surface area contributed by atoms with Crippen LogP contribution in [0.2, 0.25) is 0 Å². The zero-order valence-corrected chi connectivity index (χ0v) is 9.65. The molecule has 0 atom stereocenters. The minimum absolute atomic E-state index is 0.252. The molecule has 0 fully saturated rings. The third-order valence-corrected chi connectivity index (χ3v) is 3.06. The van der Waals surface area contributed by atoms with Crippen molar-refractivity contribution in [2.75, 3.05) is 0 Å². The van der Waals surface area contributed by atoms with Crippen LogP contribution in [0.3, 0.4) is 0 Å². The number of pyridine rings is 1. The van der Waals surface area contributed by atoms with Crippen LogP contribution < -0.4 is 0 Å². The lowest BCUT2D eigenvalue weighted by Crippen LogP contribution is -1.97. The molecular formula is C10H9BrN2O2. The molecular weight excluding hydrogens is 260 g/mol. The van der Waals surface area contributed by atoms with Crippen molar-refractivity contribution in [2.45, 2.75) is 13.3 Å². The third kappa shape index (κ3) is 1.63. The van der Waals surface area contributed by atoms with Crippen LogP contribution in [-0.4, -0.2) is 20.5 Å². The molecule has 1 N–H and O–H groups in total. The number of carboxylic acids is 1. The first kappa shape index (κ1) is 10.2. The van der Waals surface area contributed by atoms with E-state index < -0.39 is 5.97 Å². The lowest BCUT2D eigenvalue weighted by atomic mass is 10.3. The molecule has 2 heterocycles. The summed E-state index contributed by atoms with van der Waals surface area (Å²) in [5, 5.41) is 8.83. The van der Waals surface area contributed by atoms with Gasteiger partial charge in [0.25, 0.3) is 0 Å². The summed E-state index contributed by atoms with van der Waals surface area (Å²) in [5.41, 5.74) is 1.83. The zero-order valence-electron chi connectivity index (χ0n) is 8.07. The maximum absolute atomic E-state index is 10.8. The van der Waals surface area contributed by atoms with Crippen molar-refractivity contribution < 1.29 is 9.90 Å². The standard InChI is InChI=1S/C10H9BrN2O2/c1-2-7-9(11)13-4-3-6(10(14)15)5-8(13)12-7/h3-5H,2H2,1H3,(H,14,15). The van der Waals surface area contributed by atoms with Crippen molar-refractivity contribution >= 4 is 27.5 Å². The molecule has 0 saturated carbocycles. The highest BCUT2D eigenvalue weighted by atomic mass is 79.9. The Morgan fingerprint density at radius 1 is 1.67 bits per heavy atom. The van der Waals surface area contributed by atoms with Gasteiger partial charge in [-0.1, -0.05) is 6.92 Å². The highest BCUT2D eigenvalue weighted by Crippen LogP contribution is 2.20. The maximum Gasteiger partial charge on any atom is 0.335 e. The molecule has 0 bridgehead atoms. The van der Waals surface area contributed by atoms with E-state index in [0.717, 1.165) is 16.7 Å². The van der Waals surface area contributed by atoms with Gasteiger partial charge in [-0.2, -0.15) is 0 Å². The predicted octanol–water partition coefficient (Wildman–Crippen LogP) is 2.36. The smallest absolute Gasteiger partial charge is 0.335 e. The second-order valence-corrected chi connectivity index (χ2v) is 3.90.